The van der Waals surface area contributed by atoms with Crippen molar-refractivity contribution in [3.63, 3.8) is 0 Å². The van der Waals surface area contributed by atoms with Gasteiger partial charge in [-0.2, -0.15) is 0 Å². The molecule has 3 N–H and O–H groups in total. The van der Waals surface area contributed by atoms with Crippen LogP contribution in [0.5, 0.6) is 0 Å². The highest BCUT2D eigenvalue weighted by molar-refractivity contribution is 5.94. The minimum Gasteiger partial charge on any atom is -0.367 e. The number of hydrogen-bond acceptors (Lipinski definition) is 8. The zero-order chi connectivity index (χ0) is 34.0. The van der Waals surface area contributed by atoms with E-state index in [-0.39, 0.29) is 22.8 Å². The molecule has 2 aliphatic heterocycles. The van der Waals surface area contributed by atoms with E-state index in [9.17, 15) is 14.4 Å². The lowest BCUT2D eigenvalue weighted by molar-refractivity contribution is -0.129. The van der Waals surface area contributed by atoms with E-state index in [1.807, 2.05) is 49.3 Å². The fourth-order valence-electron chi connectivity index (χ4n) is 6.46. The van der Waals surface area contributed by atoms with Gasteiger partial charge in [-0.1, -0.05) is 31.4 Å². The third kappa shape index (κ3) is 9.06. The van der Waals surface area contributed by atoms with E-state index in [0.29, 0.717) is 61.6 Å². The van der Waals surface area contributed by atoms with Crippen LogP contribution in [0.15, 0.2) is 41.2 Å². The Hall–Kier alpha value is -4.13. The molecule has 0 saturated carbocycles. The van der Waals surface area contributed by atoms with Gasteiger partial charge in [0, 0.05) is 51.3 Å². The van der Waals surface area contributed by atoms with Crippen LogP contribution in [0.3, 0.4) is 0 Å². The van der Waals surface area contributed by atoms with Crippen molar-refractivity contribution in [2.75, 3.05) is 64.8 Å². The second-order valence-corrected chi connectivity index (χ2v) is 13.0. The Balaban J connectivity index is 1.19. The van der Waals surface area contributed by atoms with Gasteiger partial charge in [-0.15, -0.1) is 0 Å². The minimum absolute atomic E-state index is 0.0980. The van der Waals surface area contributed by atoms with Crippen LogP contribution in [-0.4, -0.2) is 96.3 Å². The number of allylic oxidation sites excluding steroid dienone is 1. The first-order chi connectivity index (χ1) is 23.2. The molecule has 12 heteroatoms. The molecule has 1 fully saturated rings. The van der Waals surface area contributed by atoms with Crippen molar-refractivity contribution < 1.29 is 19.2 Å². The number of aromatic nitrogens is 2. The highest BCUT2D eigenvalue weighted by Crippen LogP contribution is 2.30. The monoisotopic (exact) mass is 661 g/mol. The van der Waals surface area contributed by atoms with Gasteiger partial charge >= 0.3 is 0 Å². The number of carbonyl (C=O) groups is 2. The van der Waals surface area contributed by atoms with Crippen molar-refractivity contribution in [3.8, 4) is 0 Å². The summed E-state index contributed by atoms with van der Waals surface area (Å²) >= 11 is 0. The van der Waals surface area contributed by atoms with E-state index in [2.05, 4.69) is 15.1 Å². The summed E-state index contributed by atoms with van der Waals surface area (Å²) in [4.78, 5) is 48.4. The molecular weight excluding hydrogens is 613 g/mol. The van der Waals surface area contributed by atoms with Crippen LogP contribution >= 0.6 is 0 Å². The van der Waals surface area contributed by atoms with E-state index in [4.69, 9.17) is 10.2 Å². The summed E-state index contributed by atoms with van der Waals surface area (Å²) in [5.41, 5.74) is 4.86. The van der Waals surface area contributed by atoms with Crippen molar-refractivity contribution in [1.29, 1.82) is 0 Å². The molecule has 0 atom stereocenters. The second-order valence-electron chi connectivity index (χ2n) is 13.0. The molecule has 0 spiro atoms. The Morgan fingerprint density at radius 2 is 1.71 bits per heavy atom. The smallest absolute Gasteiger partial charge is 0.261 e. The Labute approximate surface area is 281 Å². The molecule has 0 bridgehead atoms. The molecule has 0 unspecified atom stereocenters. The summed E-state index contributed by atoms with van der Waals surface area (Å²) in [6.45, 7) is 6.05. The number of carbonyl (C=O) groups excluding carboxylic acids is 2. The number of nitrogens with one attached hydrogen (secondary N) is 2. The number of benzene rings is 2. The van der Waals surface area contributed by atoms with Crippen molar-refractivity contribution in [2.45, 2.75) is 57.9 Å². The van der Waals surface area contributed by atoms with Gasteiger partial charge in [-0.3, -0.25) is 29.1 Å². The van der Waals surface area contributed by atoms with E-state index in [1.54, 1.807) is 16.1 Å². The molecule has 0 aliphatic carbocycles. The first-order valence-electron chi connectivity index (χ1n) is 17.1. The molecule has 3 heterocycles. The van der Waals surface area contributed by atoms with Crippen molar-refractivity contribution in [2.24, 2.45) is 0 Å². The van der Waals surface area contributed by atoms with Crippen LogP contribution < -0.4 is 21.3 Å². The van der Waals surface area contributed by atoms with Gasteiger partial charge in [0.25, 0.3) is 11.5 Å². The fraction of sp³-hybridized carbons (Fsp3) is 0.500. The first kappa shape index (κ1) is 35.2. The molecule has 1 saturated heterocycles. The van der Waals surface area contributed by atoms with Crippen LogP contribution in [0.25, 0.3) is 22.6 Å². The molecule has 2 aromatic carbocycles. The summed E-state index contributed by atoms with van der Waals surface area (Å²) in [5, 5.41) is 11.8. The van der Waals surface area contributed by atoms with Crippen LogP contribution in [0.1, 0.15) is 73.1 Å². The summed E-state index contributed by atoms with van der Waals surface area (Å²) in [5.74, 6) is -0.230. The summed E-state index contributed by atoms with van der Waals surface area (Å²) in [6.07, 6.45) is 8.84. The number of hydroxylamine groups is 1. The van der Waals surface area contributed by atoms with Crippen molar-refractivity contribution in [1.82, 2.24) is 30.1 Å². The minimum atomic E-state index is -0.402. The van der Waals surface area contributed by atoms with E-state index < -0.39 is 5.82 Å². The number of rotatable bonds is 15. The Morgan fingerprint density at radius 3 is 2.44 bits per heavy atom. The summed E-state index contributed by atoms with van der Waals surface area (Å²) in [7, 11) is 4.02. The topological polar surface area (TPSA) is 123 Å². The highest BCUT2D eigenvalue weighted by atomic mass is 19.1. The van der Waals surface area contributed by atoms with Gasteiger partial charge < -0.3 is 15.1 Å². The number of anilines is 1. The van der Waals surface area contributed by atoms with Gasteiger partial charge in [0.1, 0.15) is 11.6 Å². The zero-order valence-corrected chi connectivity index (χ0v) is 28.1. The third-order valence-corrected chi connectivity index (χ3v) is 9.21. The number of fused-ring (bicyclic) bond motifs is 2. The summed E-state index contributed by atoms with van der Waals surface area (Å²) < 4.78 is 17.0. The van der Waals surface area contributed by atoms with Gasteiger partial charge in [0.2, 0.25) is 5.91 Å². The average Bonchev–Trinajstić information content (AvgIpc) is 3.49. The van der Waals surface area contributed by atoms with Gasteiger partial charge in [0.05, 0.1) is 16.6 Å². The number of halogens is 1. The highest BCUT2D eigenvalue weighted by Gasteiger charge is 2.24. The largest absolute Gasteiger partial charge is 0.367 e. The fourth-order valence-corrected chi connectivity index (χ4v) is 6.46. The molecule has 5 rings (SSSR count). The van der Waals surface area contributed by atoms with Gasteiger partial charge in [-0.25, -0.2) is 14.9 Å². The number of piperazine rings is 1. The lowest BCUT2D eigenvalue weighted by atomic mass is 10.1. The average molecular weight is 662 g/mol. The zero-order valence-electron chi connectivity index (χ0n) is 28.1. The van der Waals surface area contributed by atoms with Crippen molar-refractivity contribution in [3.05, 3.63) is 69.5 Å². The number of unbranched alkanes of at least 4 members (excludes halogenated alkanes) is 4. The summed E-state index contributed by atoms with van der Waals surface area (Å²) in [6, 6.07) is 10.5. The Morgan fingerprint density at radius 1 is 0.979 bits per heavy atom. The van der Waals surface area contributed by atoms with Crippen LogP contribution in [0, 0.1) is 5.82 Å². The Bertz CT molecular complexity index is 1660. The van der Waals surface area contributed by atoms with Crippen LogP contribution in [-0.2, 0) is 11.3 Å². The first-order valence-corrected chi connectivity index (χ1v) is 17.1. The van der Waals surface area contributed by atoms with E-state index in [1.165, 1.54) is 6.07 Å². The second kappa shape index (κ2) is 16.8. The molecule has 2 amide bonds. The number of amides is 2. The van der Waals surface area contributed by atoms with E-state index >= 15 is 4.39 Å². The van der Waals surface area contributed by atoms with Crippen molar-refractivity contribution >= 4 is 40.1 Å². The van der Waals surface area contributed by atoms with Crippen LogP contribution in [0.4, 0.5) is 10.1 Å². The number of hydrogen-bond donors (Lipinski definition) is 3. The standard InChI is InChI=1S/C36H48FN7O4/c1-41(2)16-8-15-38-35(46)27-12-10-26(11-13-27)23-28-14-18-44-34(28)39-31-25-32(30(37)24-29(31)36(44)47)43-21-19-42(20-22-43)17-7-5-3-4-6-9-33(45)40-48/h10-13,23-25,48H,3-9,14-22H2,1-2H3,(H,38,46)(H,40,45)/b28-23+. The SMILES string of the molecule is CN(C)CCCNC(=O)c1ccc(/C=C2\CCn3c2nc2cc(N4CCN(CCCCCCCC(=O)NO)CC4)c(F)cc2c3=O)cc1. The van der Waals surface area contributed by atoms with E-state index in [0.717, 1.165) is 75.8 Å². The molecule has 11 nitrogen and oxygen atoms in total. The van der Waals surface area contributed by atoms with Crippen LogP contribution in [0.2, 0.25) is 0 Å². The van der Waals surface area contributed by atoms with Gasteiger partial charge in [0.15, 0.2) is 0 Å². The molecule has 258 valence electrons. The normalized spacial score (nSPS) is 15.8. The maximum Gasteiger partial charge on any atom is 0.261 e. The maximum absolute atomic E-state index is 15.4. The molecule has 0 radical (unpaired) electrons. The quantitative estimate of drug-likeness (QED) is 0.126. The lowest BCUT2D eigenvalue weighted by Crippen LogP contribution is -2.47. The molecule has 2 aliphatic rings. The molecule has 1 aromatic heterocycles. The lowest BCUT2D eigenvalue weighted by Gasteiger charge is -2.36. The third-order valence-electron chi connectivity index (χ3n) is 9.21. The predicted molar refractivity (Wildman–Crippen MR) is 187 cm³/mol. The number of nitrogens with zero attached hydrogens (tertiary/aromatic N) is 5. The van der Waals surface area contributed by atoms with Gasteiger partial charge in [-0.05, 0) is 94.3 Å². The molecular formula is C36H48FN7O4. The molecule has 48 heavy (non-hydrogen) atoms. The Kier molecular flexibility index (Phi) is 12.3. The molecule has 3 aromatic rings. The predicted octanol–water partition coefficient (Wildman–Crippen LogP) is 4.13. The maximum atomic E-state index is 15.4.